The summed E-state index contributed by atoms with van der Waals surface area (Å²) in [7, 11) is 0. The van der Waals surface area contributed by atoms with E-state index in [0.29, 0.717) is 18.7 Å². The Morgan fingerprint density at radius 2 is 1.81 bits per heavy atom. The molecule has 88 valence electrons. The van der Waals surface area contributed by atoms with Crippen molar-refractivity contribution in [3.8, 4) is 0 Å². The van der Waals surface area contributed by atoms with Gasteiger partial charge in [0.1, 0.15) is 5.82 Å². The Bertz CT molecular complexity index is 396. The van der Waals surface area contributed by atoms with E-state index < -0.39 is 17.5 Å². The van der Waals surface area contributed by atoms with E-state index in [1.54, 1.807) is 6.92 Å². The molecule has 3 nitrogen and oxygen atoms in total. The van der Waals surface area contributed by atoms with Gasteiger partial charge in [-0.25, -0.2) is 13.2 Å². The van der Waals surface area contributed by atoms with E-state index in [-0.39, 0.29) is 18.1 Å². The lowest BCUT2D eigenvalue weighted by Crippen LogP contribution is -2.29. The molecular formula is C10H11F3N2O. The predicted octanol–water partition coefficient (Wildman–Crippen LogP) is 1.65. The van der Waals surface area contributed by atoms with Crippen LogP contribution in [0.4, 0.5) is 18.9 Å². The van der Waals surface area contributed by atoms with Gasteiger partial charge in [0, 0.05) is 18.7 Å². The van der Waals surface area contributed by atoms with Crippen molar-refractivity contribution in [1.82, 2.24) is 5.32 Å². The van der Waals surface area contributed by atoms with Crippen molar-refractivity contribution in [3.05, 3.63) is 29.6 Å². The molecule has 1 aromatic rings. The third-order valence-electron chi connectivity index (χ3n) is 1.82. The van der Waals surface area contributed by atoms with Gasteiger partial charge in [0.2, 0.25) is 5.91 Å². The van der Waals surface area contributed by atoms with Crippen molar-refractivity contribution < 1.29 is 18.0 Å². The number of nitrogens with one attached hydrogen (secondary N) is 2. The highest BCUT2D eigenvalue weighted by molar-refractivity contribution is 5.80. The molecule has 0 aliphatic heterocycles. The molecule has 0 radical (unpaired) electrons. The monoisotopic (exact) mass is 232 g/mol. The normalized spacial score (nSPS) is 10.0. The number of benzene rings is 1. The molecule has 2 N–H and O–H groups in total. The van der Waals surface area contributed by atoms with Crippen molar-refractivity contribution in [3.63, 3.8) is 0 Å². The van der Waals surface area contributed by atoms with Crippen LogP contribution < -0.4 is 10.6 Å². The molecule has 0 saturated heterocycles. The standard InChI is InChI=1S/C10H11F3N2O/c1-2-14-10(16)5-15-9-4-7(12)6(11)3-8(9)13/h3-4,15H,2,5H2,1H3,(H,14,16). The second-order valence-corrected chi connectivity index (χ2v) is 3.05. The molecule has 0 saturated carbocycles. The highest BCUT2D eigenvalue weighted by atomic mass is 19.2. The maximum atomic E-state index is 13.1. The zero-order valence-electron chi connectivity index (χ0n) is 8.61. The third-order valence-corrected chi connectivity index (χ3v) is 1.82. The number of hydrogen-bond donors (Lipinski definition) is 2. The molecule has 0 aliphatic carbocycles. The summed E-state index contributed by atoms with van der Waals surface area (Å²) < 4.78 is 38.4. The Morgan fingerprint density at radius 3 is 2.44 bits per heavy atom. The van der Waals surface area contributed by atoms with Crippen LogP contribution in [-0.4, -0.2) is 19.0 Å². The molecule has 1 rings (SSSR count). The fourth-order valence-corrected chi connectivity index (χ4v) is 1.09. The summed E-state index contributed by atoms with van der Waals surface area (Å²) in [5, 5.41) is 4.84. The molecule has 0 unspecified atom stereocenters. The van der Waals surface area contributed by atoms with Gasteiger partial charge in [-0.2, -0.15) is 0 Å². The van der Waals surface area contributed by atoms with Crippen molar-refractivity contribution >= 4 is 11.6 Å². The van der Waals surface area contributed by atoms with E-state index in [1.807, 2.05) is 0 Å². The minimum Gasteiger partial charge on any atom is -0.374 e. The van der Waals surface area contributed by atoms with E-state index in [2.05, 4.69) is 10.6 Å². The average molecular weight is 232 g/mol. The molecule has 16 heavy (non-hydrogen) atoms. The zero-order chi connectivity index (χ0) is 12.1. The van der Waals surface area contributed by atoms with Crippen LogP contribution in [0.3, 0.4) is 0 Å². The average Bonchev–Trinajstić information content (AvgIpc) is 2.22. The third kappa shape index (κ3) is 3.15. The predicted molar refractivity (Wildman–Crippen MR) is 53.5 cm³/mol. The minimum absolute atomic E-state index is 0.199. The topological polar surface area (TPSA) is 41.1 Å². The highest BCUT2D eigenvalue weighted by Gasteiger charge is 2.10. The van der Waals surface area contributed by atoms with Gasteiger partial charge in [-0.15, -0.1) is 0 Å². The van der Waals surface area contributed by atoms with Crippen LogP contribution in [0.15, 0.2) is 12.1 Å². The van der Waals surface area contributed by atoms with Crippen molar-refractivity contribution in [2.24, 2.45) is 0 Å². The van der Waals surface area contributed by atoms with Gasteiger partial charge < -0.3 is 10.6 Å². The SMILES string of the molecule is CCNC(=O)CNc1cc(F)c(F)cc1F. The molecule has 0 aromatic heterocycles. The molecule has 0 atom stereocenters. The smallest absolute Gasteiger partial charge is 0.239 e. The maximum absolute atomic E-state index is 13.1. The largest absolute Gasteiger partial charge is 0.374 e. The number of likely N-dealkylation sites (N-methyl/N-ethyl adjacent to an activating group) is 1. The van der Waals surface area contributed by atoms with E-state index in [1.165, 1.54) is 0 Å². The van der Waals surface area contributed by atoms with Crippen LogP contribution in [0.1, 0.15) is 6.92 Å². The second kappa shape index (κ2) is 5.39. The van der Waals surface area contributed by atoms with Gasteiger partial charge in [0.25, 0.3) is 0 Å². The van der Waals surface area contributed by atoms with Crippen LogP contribution in [-0.2, 0) is 4.79 Å². The van der Waals surface area contributed by atoms with Crippen LogP contribution in [0, 0.1) is 17.5 Å². The summed E-state index contributed by atoms with van der Waals surface area (Å²) in [5.41, 5.74) is -0.245. The fourth-order valence-electron chi connectivity index (χ4n) is 1.09. The number of hydrogen-bond acceptors (Lipinski definition) is 2. The second-order valence-electron chi connectivity index (χ2n) is 3.05. The molecule has 0 spiro atoms. The Balaban J connectivity index is 2.67. The van der Waals surface area contributed by atoms with Crippen LogP contribution >= 0.6 is 0 Å². The Kier molecular flexibility index (Phi) is 4.16. The number of amides is 1. The number of halogens is 3. The summed E-state index contributed by atoms with van der Waals surface area (Å²) in [6.07, 6.45) is 0. The lowest BCUT2D eigenvalue weighted by atomic mass is 10.3. The summed E-state index contributed by atoms with van der Waals surface area (Å²) in [6.45, 7) is 1.98. The molecule has 0 bridgehead atoms. The molecule has 1 amide bonds. The molecule has 0 heterocycles. The summed E-state index contributed by atoms with van der Waals surface area (Å²) in [6, 6.07) is 1.10. The maximum Gasteiger partial charge on any atom is 0.239 e. The number of carbonyl (C=O) groups is 1. The Hall–Kier alpha value is -1.72. The van der Waals surface area contributed by atoms with E-state index in [9.17, 15) is 18.0 Å². The molecule has 1 aromatic carbocycles. The summed E-state index contributed by atoms with van der Waals surface area (Å²) in [4.78, 5) is 11.0. The van der Waals surface area contributed by atoms with Gasteiger partial charge in [-0.3, -0.25) is 4.79 Å². The van der Waals surface area contributed by atoms with Gasteiger partial charge in [0.05, 0.1) is 12.2 Å². The van der Waals surface area contributed by atoms with E-state index >= 15 is 0 Å². The summed E-state index contributed by atoms with van der Waals surface area (Å²) >= 11 is 0. The Labute approximate surface area is 90.6 Å². The fraction of sp³-hybridized carbons (Fsp3) is 0.300. The first-order chi connectivity index (χ1) is 7.54. The Morgan fingerprint density at radius 1 is 1.19 bits per heavy atom. The lowest BCUT2D eigenvalue weighted by Gasteiger charge is -2.07. The lowest BCUT2D eigenvalue weighted by molar-refractivity contribution is -0.119. The molecule has 6 heteroatoms. The van der Waals surface area contributed by atoms with Crippen molar-refractivity contribution in [2.45, 2.75) is 6.92 Å². The quantitative estimate of drug-likeness (QED) is 0.775. The van der Waals surface area contributed by atoms with Gasteiger partial charge in [0.15, 0.2) is 11.6 Å². The van der Waals surface area contributed by atoms with Crippen LogP contribution in [0.2, 0.25) is 0 Å². The first-order valence-corrected chi connectivity index (χ1v) is 4.69. The first-order valence-electron chi connectivity index (χ1n) is 4.69. The van der Waals surface area contributed by atoms with Gasteiger partial charge >= 0.3 is 0 Å². The molecular weight excluding hydrogens is 221 g/mol. The van der Waals surface area contributed by atoms with Crippen molar-refractivity contribution in [1.29, 1.82) is 0 Å². The van der Waals surface area contributed by atoms with E-state index in [4.69, 9.17) is 0 Å². The number of rotatable bonds is 4. The zero-order valence-corrected chi connectivity index (χ0v) is 8.61. The first kappa shape index (κ1) is 12.4. The summed E-state index contributed by atoms with van der Waals surface area (Å²) in [5.74, 6) is -3.73. The van der Waals surface area contributed by atoms with Crippen LogP contribution in [0.25, 0.3) is 0 Å². The number of carbonyl (C=O) groups excluding carboxylic acids is 1. The van der Waals surface area contributed by atoms with Crippen LogP contribution in [0.5, 0.6) is 0 Å². The minimum atomic E-state index is -1.26. The van der Waals surface area contributed by atoms with Gasteiger partial charge in [-0.1, -0.05) is 0 Å². The highest BCUT2D eigenvalue weighted by Crippen LogP contribution is 2.17. The van der Waals surface area contributed by atoms with E-state index in [0.717, 1.165) is 0 Å². The molecule has 0 fully saturated rings. The van der Waals surface area contributed by atoms with Crippen molar-refractivity contribution in [2.75, 3.05) is 18.4 Å². The molecule has 0 aliphatic rings. The number of anilines is 1. The van der Waals surface area contributed by atoms with Gasteiger partial charge in [-0.05, 0) is 6.92 Å².